The van der Waals surface area contributed by atoms with Gasteiger partial charge in [0.15, 0.2) is 0 Å². The number of rotatable bonds is 20. The molecule has 2 aliphatic carbocycles. The summed E-state index contributed by atoms with van der Waals surface area (Å²) in [6, 6.07) is 5.06. The van der Waals surface area contributed by atoms with E-state index in [-0.39, 0.29) is 129 Å². The summed E-state index contributed by atoms with van der Waals surface area (Å²) in [5, 5.41) is 18.7. The van der Waals surface area contributed by atoms with Crippen molar-refractivity contribution in [3.8, 4) is 0 Å². The summed E-state index contributed by atoms with van der Waals surface area (Å²) >= 11 is 0. The van der Waals surface area contributed by atoms with Crippen molar-refractivity contribution in [2.75, 3.05) is 58.4 Å². The van der Waals surface area contributed by atoms with Crippen molar-refractivity contribution >= 4 is 52.2 Å². The lowest BCUT2D eigenvalue weighted by molar-refractivity contribution is -0.137. The quantitative estimate of drug-likeness (QED) is 0.0892. The average Bonchev–Trinajstić information content (AvgIpc) is 3.85. The minimum atomic E-state index is -4.56. The third-order valence-corrected chi connectivity index (χ3v) is 13.9. The molecule has 6 N–H and O–H groups in total. The van der Waals surface area contributed by atoms with Gasteiger partial charge in [0.25, 0.3) is 0 Å². The van der Waals surface area contributed by atoms with Crippen molar-refractivity contribution in [2.24, 2.45) is 11.8 Å². The van der Waals surface area contributed by atoms with Gasteiger partial charge in [-0.1, -0.05) is 6.07 Å². The largest absolute Gasteiger partial charge is 0.416 e. The van der Waals surface area contributed by atoms with Crippen molar-refractivity contribution in [1.82, 2.24) is 51.3 Å². The minimum absolute atomic E-state index is 0.0435. The van der Waals surface area contributed by atoms with Crippen LogP contribution in [0.1, 0.15) is 102 Å². The maximum Gasteiger partial charge on any atom is 0.416 e. The van der Waals surface area contributed by atoms with Crippen LogP contribution in [0.5, 0.6) is 0 Å². The van der Waals surface area contributed by atoms with E-state index in [0.29, 0.717) is 57.0 Å². The maximum absolute atomic E-state index is 14.0. The highest BCUT2D eigenvalue weighted by molar-refractivity contribution is 5.94. The number of nitrogens with one attached hydrogen (secondary N) is 6. The summed E-state index contributed by atoms with van der Waals surface area (Å²) < 4.78 is 51.9. The predicted molar refractivity (Wildman–Crippen MR) is 259 cm³/mol. The highest BCUT2D eigenvalue weighted by atomic mass is 19.4. The van der Waals surface area contributed by atoms with Crippen LogP contribution in [-0.2, 0) is 44.4 Å². The summed E-state index contributed by atoms with van der Waals surface area (Å²) in [5.41, 5.74) is 0.0681. The molecular formula is C50H68F3N11O8. The Hall–Kier alpha value is -6.00. The van der Waals surface area contributed by atoms with Crippen LogP contribution in [0.25, 0.3) is 10.9 Å². The molecule has 4 heterocycles. The number of hydrogen-bond donors (Lipinski definition) is 6. The molecule has 392 valence electrons. The number of fused-ring (bicyclic) bond motifs is 1. The topological polar surface area (TPSA) is 238 Å². The Bertz CT molecular complexity index is 2380. The Morgan fingerprint density at radius 2 is 1.58 bits per heavy atom. The number of carbonyl (C=O) groups excluding carboxylic acids is 6. The van der Waals surface area contributed by atoms with E-state index in [2.05, 4.69) is 67.6 Å². The average molecular weight is 1010 g/mol. The minimum Gasteiger partial charge on any atom is -0.379 e. The molecule has 0 spiro atoms. The van der Waals surface area contributed by atoms with E-state index in [4.69, 9.17) is 9.47 Å². The molecule has 2 aliphatic heterocycles. The zero-order chi connectivity index (χ0) is 51.6. The van der Waals surface area contributed by atoms with Gasteiger partial charge in [-0.3, -0.25) is 33.8 Å². The summed E-state index contributed by atoms with van der Waals surface area (Å²) in [6.07, 6.45) is 5.07. The maximum atomic E-state index is 14.0. The third kappa shape index (κ3) is 14.4. The SMILES string of the molecule is CN1C(=O)C[C@H](C(=O)NCC(=O)NCCOCCOCCC(=O)N[C@H]2CC[C@@H](C(=O)N[C@@H]3C[C@H](NC(C)(C)C)CC[C@@H]3N3CC[C@H](Nc4ncnc5ccc(C(F)(F)F)cc45)C3=O)CC2)[C@H]1c1cccnc1. The van der Waals surface area contributed by atoms with E-state index >= 15 is 0 Å². The van der Waals surface area contributed by atoms with Crippen molar-refractivity contribution in [1.29, 1.82) is 0 Å². The number of anilines is 1. The molecule has 2 aromatic heterocycles. The van der Waals surface area contributed by atoms with Gasteiger partial charge >= 0.3 is 6.18 Å². The zero-order valence-corrected chi connectivity index (χ0v) is 41.4. The van der Waals surface area contributed by atoms with Crippen LogP contribution >= 0.6 is 0 Å². The molecule has 6 atom stereocenters. The summed E-state index contributed by atoms with van der Waals surface area (Å²) in [4.78, 5) is 94.2. The van der Waals surface area contributed by atoms with Gasteiger partial charge in [0.2, 0.25) is 35.4 Å². The molecule has 1 aromatic carbocycles. The first-order valence-corrected chi connectivity index (χ1v) is 25.0. The van der Waals surface area contributed by atoms with E-state index in [1.807, 2.05) is 6.07 Å². The number of halogens is 3. The lowest BCUT2D eigenvalue weighted by Gasteiger charge is -2.43. The van der Waals surface area contributed by atoms with Gasteiger partial charge in [0, 0.05) is 74.3 Å². The second-order valence-corrected chi connectivity index (χ2v) is 20.3. The Morgan fingerprint density at radius 3 is 2.31 bits per heavy atom. The smallest absolute Gasteiger partial charge is 0.379 e. The number of carbonyl (C=O) groups is 6. The molecule has 19 nitrogen and oxygen atoms in total. The molecule has 0 bridgehead atoms. The van der Waals surface area contributed by atoms with E-state index in [1.54, 1.807) is 30.4 Å². The lowest BCUT2D eigenvalue weighted by atomic mass is 9.82. The number of alkyl halides is 3. The fourth-order valence-electron chi connectivity index (χ4n) is 10.4. The molecule has 72 heavy (non-hydrogen) atoms. The highest BCUT2D eigenvalue weighted by Gasteiger charge is 2.45. The summed E-state index contributed by atoms with van der Waals surface area (Å²) in [7, 11) is 1.65. The first-order valence-electron chi connectivity index (χ1n) is 25.0. The monoisotopic (exact) mass is 1010 g/mol. The van der Waals surface area contributed by atoms with Gasteiger partial charge in [-0.2, -0.15) is 13.2 Å². The molecule has 4 aliphatic rings. The van der Waals surface area contributed by atoms with Crippen molar-refractivity contribution in [3.63, 3.8) is 0 Å². The van der Waals surface area contributed by atoms with Crippen LogP contribution in [0.3, 0.4) is 0 Å². The van der Waals surface area contributed by atoms with Crippen molar-refractivity contribution in [3.05, 3.63) is 60.2 Å². The fourth-order valence-corrected chi connectivity index (χ4v) is 10.4. The van der Waals surface area contributed by atoms with Crippen molar-refractivity contribution in [2.45, 2.75) is 133 Å². The van der Waals surface area contributed by atoms with Crippen LogP contribution < -0.4 is 31.9 Å². The third-order valence-electron chi connectivity index (χ3n) is 13.9. The highest BCUT2D eigenvalue weighted by Crippen LogP contribution is 2.37. The predicted octanol–water partition coefficient (Wildman–Crippen LogP) is 3.40. The zero-order valence-electron chi connectivity index (χ0n) is 41.4. The van der Waals surface area contributed by atoms with E-state index in [9.17, 15) is 41.9 Å². The normalized spacial score (nSPS) is 24.8. The van der Waals surface area contributed by atoms with Crippen LogP contribution in [0, 0.1) is 11.8 Å². The Balaban J connectivity index is 0.779. The Labute approximate surface area is 417 Å². The first kappa shape index (κ1) is 53.8. The number of pyridine rings is 1. The number of benzene rings is 1. The van der Waals surface area contributed by atoms with E-state index in [0.717, 1.165) is 24.1 Å². The second-order valence-electron chi connectivity index (χ2n) is 20.3. The molecular weight excluding hydrogens is 940 g/mol. The van der Waals surface area contributed by atoms with Gasteiger partial charge < -0.3 is 51.2 Å². The number of hydrogen-bond acceptors (Lipinski definition) is 13. The molecule has 0 radical (unpaired) electrons. The summed E-state index contributed by atoms with van der Waals surface area (Å²) in [5.74, 6) is -2.11. The number of ether oxygens (including phenoxy) is 2. The number of nitrogens with zero attached hydrogens (tertiary/aromatic N) is 5. The molecule has 7 rings (SSSR count). The second kappa shape index (κ2) is 24.1. The lowest BCUT2D eigenvalue weighted by Crippen LogP contribution is -2.60. The first-order chi connectivity index (χ1) is 34.3. The summed E-state index contributed by atoms with van der Waals surface area (Å²) in [6.45, 7) is 7.56. The van der Waals surface area contributed by atoms with E-state index in [1.165, 1.54) is 17.3 Å². The van der Waals surface area contributed by atoms with Gasteiger partial charge in [-0.25, -0.2) is 9.97 Å². The Morgan fingerprint density at radius 1 is 0.833 bits per heavy atom. The van der Waals surface area contributed by atoms with Crippen LogP contribution in [0.2, 0.25) is 0 Å². The molecule has 3 aromatic rings. The van der Waals surface area contributed by atoms with Crippen molar-refractivity contribution < 1.29 is 51.4 Å². The molecule has 22 heteroatoms. The number of likely N-dealkylation sites (tertiary alicyclic amines) is 2. The van der Waals surface area contributed by atoms with E-state index < -0.39 is 35.6 Å². The molecule has 6 amide bonds. The molecule has 2 saturated heterocycles. The van der Waals surface area contributed by atoms with Gasteiger partial charge in [-0.15, -0.1) is 0 Å². The van der Waals surface area contributed by atoms with Gasteiger partial charge in [-0.05, 0) is 102 Å². The van der Waals surface area contributed by atoms with Gasteiger partial charge in [0.1, 0.15) is 18.2 Å². The van der Waals surface area contributed by atoms with Crippen LogP contribution in [-0.4, -0.2) is 149 Å². The molecule has 4 fully saturated rings. The Kier molecular flexibility index (Phi) is 18.0. The molecule has 0 unspecified atom stereocenters. The number of aromatic nitrogens is 3. The van der Waals surface area contributed by atoms with Crippen LogP contribution in [0.4, 0.5) is 19.0 Å². The molecule has 2 saturated carbocycles. The van der Waals surface area contributed by atoms with Gasteiger partial charge in [0.05, 0.1) is 68.1 Å². The van der Waals surface area contributed by atoms with Crippen LogP contribution in [0.15, 0.2) is 49.1 Å². The standard InChI is InChI=1S/C50H68F3N11O8/c1-49(2,3)62-34-12-14-40(64-19-15-38(48(64)70)60-45-35-24-32(50(51,52)53)9-13-37(35)57-29-58-45)39(25-34)61-46(68)30-7-10-33(11-8-30)59-41(65)16-20-71-22-23-72-21-18-55-42(66)28-56-47(69)36-26-43(67)63(4)44(36)31-6-5-17-54-27-31/h5-6,9,13,17,24,27,29-30,33-34,36,38-40,44,62H,7-8,10-12,14-16,18-23,25-26,28H2,1-4H3,(H,55,66)(H,56,69)(H,59,65)(H,61,68)(H,57,58,60)/t30-,33+,34-,36+,38+,39-,40+,44-/m1/s1. The fraction of sp³-hybridized carbons (Fsp3) is 0.620. The number of amides is 6.